The topological polar surface area (TPSA) is 38.1 Å². The number of aromatic nitrogens is 1. The zero-order valence-electron chi connectivity index (χ0n) is 10.4. The molecule has 1 atom stereocenters. The lowest BCUT2D eigenvalue weighted by molar-refractivity contribution is 0.279. The summed E-state index contributed by atoms with van der Waals surface area (Å²) in [6, 6.07) is 6.12. The van der Waals surface area contributed by atoms with Crippen LogP contribution in [0, 0.1) is 6.92 Å². The molecule has 1 unspecified atom stereocenters. The summed E-state index contributed by atoms with van der Waals surface area (Å²) in [5.41, 5.74) is 3.12. The van der Waals surface area contributed by atoms with Crippen molar-refractivity contribution < 1.29 is 4.42 Å². The van der Waals surface area contributed by atoms with Crippen molar-refractivity contribution in [3.8, 4) is 0 Å². The van der Waals surface area contributed by atoms with Crippen LogP contribution in [-0.4, -0.2) is 18.1 Å². The third-order valence-electron chi connectivity index (χ3n) is 3.73. The van der Waals surface area contributed by atoms with Gasteiger partial charge in [-0.25, -0.2) is 4.98 Å². The van der Waals surface area contributed by atoms with Gasteiger partial charge in [-0.3, -0.25) is 0 Å². The number of rotatable bonds is 1. The van der Waals surface area contributed by atoms with E-state index >= 15 is 0 Å². The van der Waals surface area contributed by atoms with Gasteiger partial charge in [0.15, 0.2) is 5.58 Å². The van der Waals surface area contributed by atoms with E-state index in [0.717, 1.165) is 42.1 Å². The van der Waals surface area contributed by atoms with Crippen LogP contribution in [0.4, 0.5) is 0 Å². The molecule has 1 saturated heterocycles. The summed E-state index contributed by atoms with van der Waals surface area (Å²) < 4.78 is 5.99. The van der Waals surface area contributed by atoms with Crippen LogP contribution in [0.3, 0.4) is 0 Å². The summed E-state index contributed by atoms with van der Waals surface area (Å²) in [6.07, 6.45) is 2.33. The Kier molecular flexibility index (Phi) is 2.44. The molecule has 3 heteroatoms. The molecule has 2 aromatic rings. The number of aryl methyl sites for hydroxylation is 1. The Hall–Kier alpha value is -1.35. The number of nitrogens with one attached hydrogen (secondary N) is 1. The van der Waals surface area contributed by atoms with Crippen molar-refractivity contribution >= 4 is 11.1 Å². The van der Waals surface area contributed by atoms with E-state index < -0.39 is 0 Å². The third kappa shape index (κ3) is 1.75. The van der Waals surface area contributed by atoms with Crippen molar-refractivity contribution in [2.24, 2.45) is 0 Å². The molecule has 3 nitrogen and oxygen atoms in total. The van der Waals surface area contributed by atoms with Crippen LogP contribution in [0.1, 0.15) is 31.2 Å². The molecular formula is C14H18N2O. The molecular weight excluding hydrogens is 212 g/mol. The Labute approximate surface area is 101 Å². The molecule has 1 aliphatic heterocycles. The van der Waals surface area contributed by atoms with Crippen LogP contribution in [-0.2, 0) is 5.41 Å². The molecule has 1 aromatic heterocycles. The minimum atomic E-state index is 0.0453. The lowest BCUT2D eigenvalue weighted by Crippen LogP contribution is -2.41. The van der Waals surface area contributed by atoms with Gasteiger partial charge < -0.3 is 9.73 Å². The van der Waals surface area contributed by atoms with Gasteiger partial charge >= 0.3 is 0 Å². The second-order valence-electron chi connectivity index (χ2n) is 5.28. The molecule has 90 valence electrons. The normalized spacial score (nSPS) is 25.3. The summed E-state index contributed by atoms with van der Waals surface area (Å²) in [4.78, 5) is 4.66. The largest absolute Gasteiger partial charge is 0.440 e. The van der Waals surface area contributed by atoms with Gasteiger partial charge in [0.25, 0.3) is 0 Å². The second kappa shape index (κ2) is 3.84. The quantitative estimate of drug-likeness (QED) is 0.818. The van der Waals surface area contributed by atoms with E-state index in [1.54, 1.807) is 0 Å². The van der Waals surface area contributed by atoms with E-state index in [0.29, 0.717) is 0 Å². The minimum absolute atomic E-state index is 0.0453. The van der Waals surface area contributed by atoms with E-state index in [4.69, 9.17) is 4.42 Å². The SMILES string of the molecule is Cc1cccc2nc(C3(C)CCCNC3)oc12. The fourth-order valence-electron chi connectivity index (χ4n) is 2.58. The zero-order chi connectivity index (χ0) is 11.9. The molecule has 1 N–H and O–H groups in total. The lowest BCUT2D eigenvalue weighted by Gasteiger charge is -2.30. The molecule has 1 fully saturated rings. The van der Waals surface area contributed by atoms with Crippen molar-refractivity contribution in [2.75, 3.05) is 13.1 Å². The smallest absolute Gasteiger partial charge is 0.202 e. The Balaban J connectivity index is 2.08. The molecule has 2 heterocycles. The molecule has 17 heavy (non-hydrogen) atoms. The fourth-order valence-corrected chi connectivity index (χ4v) is 2.58. The van der Waals surface area contributed by atoms with Crippen LogP contribution in [0.25, 0.3) is 11.1 Å². The summed E-state index contributed by atoms with van der Waals surface area (Å²) in [6.45, 7) is 6.37. The number of oxazole rings is 1. The van der Waals surface area contributed by atoms with Crippen molar-refractivity contribution in [1.82, 2.24) is 10.3 Å². The molecule has 0 radical (unpaired) electrons. The molecule has 3 rings (SSSR count). The maximum Gasteiger partial charge on any atom is 0.202 e. The summed E-state index contributed by atoms with van der Waals surface area (Å²) in [7, 11) is 0. The molecule has 1 aromatic carbocycles. The molecule has 0 amide bonds. The Morgan fingerprint density at radius 2 is 2.29 bits per heavy atom. The van der Waals surface area contributed by atoms with Crippen LogP contribution in [0.5, 0.6) is 0 Å². The molecule has 0 spiro atoms. The number of benzene rings is 1. The highest BCUT2D eigenvalue weighted by atomic mass is 16.3. The number of hydrogen-bond acceptors (Lipinski definition) is 3. The Morgan fingerprint density at radius 1 is 1.41 bits per heavy atom. The number of hydrogen-bond donors (Lipinski definition) is 1. The van der Waals surface area contributed by atoms with E-state index in [1.165, 1.54) is 6.42 Å². The molecule has 0 saturated carbocycles. The zero-order valence-corrected chi connectivity index (χ0v) is 10.4. The van der Waals surface area contributed by atoms with E-state index in [2.05, 4.69) is 30.2 Å². The summed E-state index contributed by atoms with van der Waals surface area (Å²) >= 11 is 0. The maximum atomic E-state index is 5.99. The van der Waals surface area contributed by atoms with Crippen molar-refractivity contribution in [3.05, 3.63) is 29.7 Å². The third-order valence-corrected chi connectivity index (χ3v) is 3.73. The predicted octanol–water partition coefficient (Wildman–Crippen LogP) is 2.78. The van der Waals surface area contributed by atoms with Crippen LogP contribution in [0.2, 0.25) is 0 Å². The average molecular weight is 230 g/mol. The van der Waals surface area contributed by atoms with Crippen molar-refractivity contribution in [2.45, 2.75) is 32.1 Å². The summed E-state index contributed by atoms with van der Waals surface area (Å²) in [5, 5.41) is 3.43. The molecule has 1 aliphatic rings. The van der Waals surface area contributed by atoms with Gasteiger partial charge in [0.1, 0.15) is 5.52 Å². The van der Waals surface area contributed by atoms with Gasteiger partial charge in [0, 0.05) is 6.54 Å². The first kappa shape index (κ1) is 10.8. The number of para-hydroxylation sites is 1. The average Bonchev–Trinajstić information content (AvgIpc) is 2.76. The number of piperidine rings is 1. The fraction of sp³-hybridized carbons (Fsp3) is 0.500. The Morgan fingerprint density at radius 3 is 3.00 bits per heavy atom. The first-order valence-electron chi connectivity index (χ1n) is 6.26. The number of fused-ring (bicyclic) bond motifs is 1. The van der Waals surface area contributed by atoms with Gasteiger partial charge in [0.2, 0.25) is 5.89 Å². The van der Waals surface area contributed by atoms with Gasteiger partial charge in [-0.1, -0.05) is 12.1 Å². The van der Waals surface area contributed by atoms with Crippen LogP contribution < -0.4 is 5.32 Å². The number of nitrogens with zero attached hydrogens (tertiary/aromatic N) is 1. The highest BCUT2D eigenvalue weighted by molar-refractivity contribution is 5.76. The predicted molar refractivity (Wildman–Crippen MR) is 68.2 cm³/mol. The lowest BCUT2D eigenvalue weighted by atomic mass is 9.83. The summed E-state index contributed by atoms with van der Waals surface area (Å²) in [5.74, 6) is 0.883. The molecule has 0 aliphatic carbocycles. The maximum absolute atomic E-state index is 5.99. The van der Waals surface area contributed by atoms with Crippen molar-refractivity contribution in [1.29, 1.82) is 0 Å². The first-order chi connectivity index (χ1) is 8.19. The van der Waals surface area contributed by atoms with Crippen molar-refractivity contribution in [3.63, 3.8) is 0 Å². The highest BCUT2D eigenvalue weighted by Gasteiger charge is 2.33. The monoisotopic (exact) mass is 230 g/mol. The molecule has 0 bridgehead atoms. The van der Waals surface area contributed by atoms with Gasteiger partial charge in [0.05, 0.1) is 5.41 Å². The van der Waals surface area contributed by atoms with E-state index in [9.17, 15) is 0 Å². The van der Waals surface area contributed by atoms with Crippen LogP contribution >= 0.6 is 0 Å². The first-order valence-corrected chi connectivity index (χ1v) is 6.26. The Bertz CT molecular complexity index is 538. The second-order valence-corrected chi connectivity index (χ2v) is 5.28. The van der Waals surface area contributed by atoms with E-state index in [-0.39, 0.29) is 5.41 Å². The highest BCUT2D eigenvalue weighted by Crippen LogP contribution is 2.32. The van der Waals surface area contributed by atoms with E-state index in [1.807, 2.05) is 12.1 Å². The van der Waals surface area contributed by atoms with Gasteiger partial charge in [-0.05, 0) is 44.9 Å². The minimum Gasteiger partial charge on any atom is -0.440 e. The van der Waals surface area contributed by atoms with Crippen LogP contribution in [0.15, 0.2) is 22.6 Å². The standard InChI is InChI=1S/C14H18N2O/c1-10-5-3-6-11-12(10)17-13(16-11)14(2)7-4-8-15-9-14/h3,5-6,15H,4,7-9H2,1-2H3. The van der Waals surface area contributed by atoms with Gasteiger partial charge in [-0.15, -0.1) is 0 Å². The van der Waals surface area contributed by atoms with Gasteiger partial charge in [-0.2, -0.15) is 0 Å².